The van der Waals surface area contributed by atoms with Gasteiger partial charge in [0.1, 0.15) is 17.1 Å². The number of pyridine rings is 2. The lowest BCUT2D eigenvalue weighted by molar-refractivity contribution is -0.141. The first kappa shape index (κ1) is 22.1. The van der Waals surface area contributed by atoms with E-state index >= 15 is 0 Å². The number of anilines is 2. The van der Waals surface area contributed by atoms with Gasteiger partial charge in [0.05, 0.1) is 11.9 Å². The molecule has 2 aromatic heterocycles. The second-order valence-electron chi connectivity index (χ2n) is 7.71. The molecule has 0 fully saturated rings. The summed E-state index contributed by atoms with van der Waals surface area (Å²) in [5.41, 5.74) is 0.149. The van der Waals surface area contributed by atoms with Gasteiger partial charge in [0.15, 0.2) is 0 Å². The summed E-state index contributed by atoms with van der Waals surface area (Å²) >= 11 is 0. The Kier molecular flexibility index (Phi) is 6.14. The number of aromatic nitrogens is 2. The average Bonchev–Trinajstić information content (AvgIpc) is 2.69. The third kappa shape index (κ3) is 5.71. The number of benzene rings is 1. The van der Waals surface area contributed by atoms with Crippen LogP contribution in [0, 0.1) is 0 Å². The van der Waals surface area contributed by atoms with Crippen molar-refractivity contribution >= 4 is 17.4 Å². The van der Waals surface area contributed by atoms with Crippen LogP contribution in [0.5, 0.6) is 11.6 Å². The van der Waals surface area contributed by atoms with E-state index in [9.17, 15) is 18.0 Å². The van der Waals surface area contributed by atoms with Crippen molar-refractivity contribution in [2.75, 3.05) is 10.6 Å². The number of alkyl halides is 3. The summed E-state index contributed by atoms with van der Waals surface area (Å²) in [5, 5.41) is 5.03. The minimum Gasteiger partial charge on any atom is -0.437 e. The van der Waals surface area contributed by atoms with E-state index < -0.39 is 17.9 Å². The minimum atomic E-state index is -4.55. The molecule has 0 radical (unpaired) electrons. The molecule has 2 N–H and O–H groups in total. The smallest absolute Gasteiger partial charge is 0.433 e. The Balaban J connectivity index is 1.75. The second-order valence-corrected chi connectivity index (χ2v) is 7.71. The number of carbonyl (C=O) groups is 1. The van der Waals surface area contributed by atoms with E-state index in [1.54, 1.807) is 12.1 Å². The lowest BCUT2D eigenvalue weighted by Crippen LogP contribution is -2.20. The number of nitrogens with one attached hydrogen (secondary N) is 2. The molecular formula is C22H21F3N4O2. The van der Waals surface area contributed by atoms with Gasteiger partial charge in [-0.2, -0.15) is 13.2 Å². The summed E-state index contributed by atoms with van der Waals surface area (Å²) in [7, 11) is 0. The zero-order chi connectivity index (χ0) is 22.6. The van der Waals surface area contributed by atoms with Crippen molar-refractivity contribution in [3.63, 3.8) is 0 Å². The maximum absolute atomic E-state index is 12.6. The zero-order valence-corrected chi connectivity index (χ0v) is 17.1. The predicted octanol–water partition coefficient (Wildman–Crippen LogP) is 6.23. The first-order valence-corrected chi connectivity index (χ1v) is 9.37. The summed E-state index contributed by atoms with van der Waals surface area (Å²) < 4.78 is 43.8. The van der Waals surface area contributed by atoms with Crippen molar-refractivity contribution in [3.05, 3.63) is 72.2 Å². The third-order valence-corrected chi connectivity index (χ3v) is 4.23. The number of hydrogen-bond donors (Lipinski definition) is 2. The molecule has 0 aliphatic carbocycles. The van der Waals surface area contributed by atoms with E-state index in [1.807, 2.05) is 24.3 Å². The van der Waals surface area contributed by atoms with Crippen molar-refractivity contribution in [1.82, 2.24) is 9.97 Å². The fourth-order valence-electron chi connectivity index (χ4n) is 2.77. The normalized spacial score (nSPS) is 11.7. The molecule has 2 amide bonds. The molecule has 1 aromatic carbocycles. The van der Waals surface area contributed by atoms with Crippen molar-refractivity contribution in [2.24, 2.45) is 0 Å². The third-order valence-electron chi connectivity index (χ3n) is 4.23. The van der Waals surface area contributed by atoms with E-state index in [1.165, 1.54) is 6.20 Å². The van der Waals surface area contributed by atoms with Gasteiger partial charge in [0.25, 0.3) is 0 Å². The average molecular weight is 430 g/mol. The number of para-hydroxylation sites is 1. The molecular weight excluding hydrogens is 409 g/mol. The van der Waals surface area contributed by atoms with Crippen LogP contribution in [0.4, 0.5) is 29.3 Å². The summed E-state index contributed by atoms with van der Waals surface area (Å²) in [6, 6.07) is 12.0. The van der Waals surface area contributed by atoms with E-state index in [-0.39, 0.29) is 17.0 Å². The topological polar surface area (TPSA) is 76.1 Å². The molecule has 0 spiro atoms. The van der Waals surface area contributed by atoms with Crippen molar-refractivity contribution in [3.8, 4) is 11.6 Å². The Morgan fingerprint density at radius 3 is 2.32 bits per heavy atom. The van der Waals surface area contributed by atoms with Crippen molar-refractivity contribution in [2.45, 2.75) is 32.4 Å². The Labute approximate surface area is 177 Å². The van der Waals surface area contributed by atoms with E-state index in [2.05, 4.69) is 41.4 Å². The molecule has 31 heavy (non-hydrogen) atoms. The minimum absolute atomic E-state index is 0.106. The van der Waals surface area contributed by atoms with Crippen LogP contribution in [0.25, 0.3) is 0 Å². The van der Waals surface area contributed by atoms with Crippen molar-refractivity contribution in [1.29, 1.82) is 0 Å². The zero-order valence-electron chi connectivity index (χ0n) is 17.1. The SMILES string of the molecule is CC(C)(C)c1ccccc1Oc1ncccc1NC(=O)Nc1ccc(C(F)(F)F)nc1. The van der Waals surface area contributed by atoms with Crippen LogP contribution in [0.3, 0.4) is 0 Å². The highest BCUT2D eigenvalue weighted by atomic mass is 19.4. The lowest BCUT2D eigenvalue weighted by atomic mass is 9.86. The van der Waals surface area contributed by atoms with Crippen LogP contribution in [0.15, 0.2) is 60.9 Å². The fourth-order valence-corrected chi connectivity index (χ4v) is 2.77. The quantitative estimate of drug-likeness (QED) is 0.515. The molecule has 3 rings (SSSR count). The summed E-state index contributed by atoms with van der Waals surface area (Å²) in [4.78, 5) is 19.8. The van der Waals surface area contributed by atoms with Crippen LogP contribution < -0.4 is 15.4 Å². The Bertz CT molecular complexity index is 1060. The van der Waals surface area contributed by atoms with Crippen LogP contribution >= 0.6 is 0 Å². The van der Waals surface area contributed by atoms with Gasteiger partial charge in [-0.25, -0.2) is 14.8 Å². The van der Waals surface area contributed by atoms with Crippen molar-refractivity contribution < 1.29 is 22.7 Å². The van der Waals surface area contributed by atoms with Gasteiger partial charge < -0.3 is 15.4 Å². The molecule has 6 nitrogen and oxygen atoms in total. The molecule has 0 unspecified atom stereocenters. The number of ether oxygens (including phenoxy) is 1. The summed E-state index contributed by atoms with van der Waals surface area (Å²) in [6.45, 7) is 6.16. The Morgan fingerprint density at radius 1 is 0.935 bits per heavy atom. The van der Waals surface area contributed by atoms with E-state index in [0.717, 1.165) is 23.9 Å². The van der Waals surface area contributed by atoms with Crippen LogP contribution in [-0.2, 0) is 11.6 Å². The standard InChI is InChI=1S/C22H21F3N4O2/c1-21(2,3)15-7-4-5-9-17(15)31-19-16(8-6-12-26-19)29-20(30)28-14-10-11-18(27-13-14)22(23,24)25/h4-13H,1-3H3,(H2,28,29,30). The molecule has 0 bridgehead atoms. The van der Waals surface area contributed by atoms with Gasteiger partial charge in [-0.3, -0.25) is 0 Å². The second kappa shape index (κ2) is 8.63. The predicted molar refractivity (Wildman–Crippen MR) is 111 cm³/mol. The van der Waals surface area contributed by atoms with Gasteiger partial charge in [-0.1, -0.05) is 39.0 Å². The number of halogens is 3. The van der Waals surface area contributed by atoms with Gasteiger partial charge in [-0.15, -0.1) is 0 Å². The molecule has 0 aliphatic rings. The fraction of sp³-hybridized carbons (Fsp3) is 0.227. The molecule has 0 saturated heterocycles. The van der Waals surface area contributed by atoms with Gasteiger partial charge in [-0.05, 0) is 35.7 Å². The maximum atomic E-state index is 12.6. The lowest BCUT2D eigenvalue weighted by Gasteiger charge is -2.22. The Morgan fingerprint density at radius 2 is 1.68 bits per heavy atom. The molecule has 3 aromatic rings. The summed E-state index contributed by atoms with van der Waals surface area (Å²) in [6.07, 6.45) is -2.09. The number of nitrogens with zero attached hydrogens (tertiary/aromatic N) is 2. The van der Waals surface area contributed by atoms with Gasteiger partial charge >= 0.3 is 12.2 Å². The van der Waals surface area contributed by atoms with Crippen LogP contribution in [0.1, 0.15) is 32.0 Å². The number of amides is 2. The number of urea groups is 1. The molecule has 0 atom stereocenters. The molecule has 0 aliphatic heterocycles. The molecule has 2 heterocycles. The number of hydrogen-bond acceptors (Lipinski definition) is 4. The number of carbonyl (C=O) groups excluding carboxylic acids is 1. The van der Waals surface area contributed by atoms with E-state index in [0.29, 0.717) is 11.4 Å². The number of rotatable bonds is 4. The Hall–Kier alpha value is -3.62. The molecule has 9 heteroatoms. The maximum Gasteiger partial charge on any atom is 0.433 e. The highest BCUT2D eigenvalue weighted by Gasteiger charge is 2.32. The molecule has 0 saturated carbocycles. The first-order chi connectivity index (χ1) is 14.5. The van der Waals surface area contributed by atoms with Crippen LogP contribution in [-0.4, -0.2) is 16.0 Å². The van der Waals surface area contributed by atoms with Gasteiger partial charge in [0, 0.05) is 11.8 Å². The highest BCUT2D eigenvalue weighted by molar-refractivity contribution is 6.00. The molecule has 162 valence electrons. The van der Waals surface area contributed by atoms with Crippen LogP contribution in [0.2, 0.25) is 0 Å². The summed E-state index contributed by atoms with van der Waals surface area (Å²) in [5.74, 6) is 0.781. The van der Waals surface area contributed by atoms with E-state index in [4.69, 9.17) is 4.74 Å². The largest absolute Gasteiger partial charge is 0.437 e. The highest BCUT2D eigenvalue weighted by Crippen LogP contribution is 2.35. The van der Waals surface area contributed by atoms with Gasteiger partial charge in [0.2, 0.25) is 5.88 Å². The monoisotopic (exact) mass is 430 g/mol. The first-order valence-electron chi connectivity index (χ1n) is 9.37.